The summed E-state index contributed by atoms with van der Waals surface area (Å²) in [6.07, 6.45) is 2.26. The molecule has 0 atom stereocenters. The van der Waals surface area contributed by atoms with Gasteiger partial charge in [-0.3, -0.25) is 4.79 Å². The minimum Gasteiger partial charge on any atom is -0.462 e. The first-order valence-corrected chi connectivity index (χ1v) is 10.1. The Labute approximate surface area is 179 Å². The average Bonchev–Trinajstić information content (AvgIpc) is 3.18. The number of ether oxygens (including phenoxy) is 1. The van der Waals surface area contributed by atoms with E-state index in [1.54, 1.807) is 28.9 Å². The predicted molar refractivity (Wildman–Crippen MR) is 119 cm³/mol. The predicted octanol–water partition coefficient (Wildman–Crippen LogP) is 4.55. The summed E-state index contributed by atoms with van der Waals surface area (Å²) in [5.74, 6) is -0.0936. The molecule has 0 saturated heterocycles. The standard InChI is InChI=1S/C24H22N4O3/c1-3-13-31-24(30)18-8-6-9-19(14-18)26-23(29)20-15-25-28(16(20)2)22-12-11-17-7-4-5-10-21(17)27-22/h4-12,14-15H,3,13H2,1-2H3,(H,26,29). The number of hydrogen-bond acceptors (Lipinski definition) is 5. The Bertz CT molecular complexity index is 1260. The highest BCUT2D eigenvalue weighted by Crippen LogP contribution is 2.19. The van der Waals surface area contributed by atoms with Crippen molar-refractivity contribution in [1.29, 1.82) is 0 Å². The van der Waals surface area contributed by atoms with Crippen LogP contribution in [-0.4, -0.2) is 33.2 Å². The zero-order valence-electron chi connectivity index (χ0n) is 17.3. The van der Waals surface area contributed by atoms with E-state index in [4.69, 9.17) is 4.74 Å². The molecule has 2 aromatic heterocycles. The summed E-state index contributed by atoms with van der Waals surface area (Å²) in [5, 5.41) is 8.21. The molecule has 7 nitrogen and oxygen atoms in total. The van der Waals surface area contributed by atoms with E-state index in [9.17, 15) is 9.59 Å². The van der Waals surface area contributed by atoms with Crippen molar-refractivity contribution >= 4 is 28.5 Å². The highest BCUT2D eigenvalue weighted by atomic mass is 16.5. The van der Waals surface area contributed by atoms with Gasteiger partial charge in [0, 0.05) is 11.1 Å². The first kappa shape index (κ1) is 20.3. The third-order valence-electron chi connectivity index (χ3n) is 4.85. The number of carbonyl (C=O) groups excluding carboxylic acids is 2. The van der Waals surface area contributed by atoms with Crippen LogP contribution in [0, 0.1) is 6.92 Å². The van der Waals surface area contributed by atoms with Crippen molar-refractivity contribution in [3.05, 3.63) is 83.7 Å². The molecule has 4 aromatic rings. The van der Waals surface area contributed by atoms with Crippen molar-refractivity contribution in [3.8, 4) is 5.82 Å². The summed E-state index contributed by atoms with van der Waals surface area (Å²) < 4.78 is 6.79. The van der Waals surface area contributed by atoms with Gasteiger partial charge in [0.15, 0.2) is 5.82 Å². The van der Waals surface area contributed by atoms with E-state index in [-0.39, 0.29) is 5.91 Å². The number of esters is 1. The van der Waals surface area contributed by atoms with Gasteiger partial charge >= 0.3 is 5.97 Å². The number of pyridine rings is 1. The Hall–Kier alpha value is -4.00. The summed E-state index contributed by atoms with van der Waals surface area (Å²) >= 11 is 0. The van der Waals surface area contributed by atoms with Gasteiger partial charge < -0.3 is 10.1 Å². The molecule has 0 aliphatic heterocycles. The van der Waals surface area contributed by atoms with Gasteiger partial charge in [-0.05, 0) is 49.7 Å². The summed E-state index contributed by atoms with van der Waals surface area (Å²) in [4.78, 5) is 29.5. The maximum Gasteiger partial charge on any atom is 0.338 e. The molecule has 0 bridgehead atoms. The van der Waals surface area contributed by atoms with Crippen molar-refractivity contribution < 1.29 is 14.3 Å². The Morgan fingerprint density at radius 2 is 1.90 bits per heavy atom. The summed E-state index contributed by atoms with van der Waals surface area (Å²) in [7, 11) is 0. The number of amides is 1. The number of hydrogen-bond donors (Lipinski definition) is 1. The van der Waals surface area contributed by atoms with E-state index in [2.05, 4.69) is 15.4 Å². The van der Waals surface area contributed by atoms with E-state index >= 15 is 0 Å². The van der Waals surface area contributed by atoms with Gasteiger partial charge in [-0.25, -0.2) is 14.5 Å². The Morgan fingerprint density at radius 3 is 2.74 bits per heavy atom. The van der Waals surface area contributed by atoms with Crippen molar-refractivity contribution in [2.45, 2.75) is 20.3 Å². The zero-order chi connectivity index (χ0) is 21.8. The number of fused-ring (bicyclic) bond motifs is 1. The second-order valence-electron chi connectivity index (χ2n) is 7.09. The van der Waals surface area contributed by atoms with Gasteiger partial charge in [-0.15, -0.1) is 0 Å². The lowest BCUT2D eigenvalue weighted by atomic mass is 10.2. The highest BCUT2D eigenvalue weighted by molar-refractivity contribution is 6.05. The molecule has 1 N–H and O–H groups in total. The maximum atomic E-state index is 12.8. The molecule has 0 aliphatic carbocycles. The molecule has 0 radical (unpaired) electrons. The summed E-state index contributed by atoms with van der Waals surface area (Å²) in [5.41, 5.74) is 2.84. The topological polar surface area (TPSA) is 86.1 Å². The largest absolute Gasteiger partial charge is 0.462 e. The molecule has 2 aromatic carbocycles. The van der Waals surface area contributed by atoms with Crippen LogP contribution in [0.1, 0.15) is 39.8 Å². The van der Waals surface area contributed by atoms with Gasteiger partial charge in [0.2, 0.25) is 0 Å². The van der Waals surface area contributed by atoms with Crippen LogP contribution in [0.2, 0.25) is 0 Å². The van der Waals surface area contributed by atoms with E-state index in [0.717, 1.165) is 17.3 Å². The number of rotatable bonds is 6. The molecule has 0 saturated carbocycles. The number of para-hydroxylation sites is 1. The lowest BCUT2D eigenvalue weighted by Crippen LogP contribution is -2.14. The lowest BCUT2D eigenvalue weighted by molar-refractivity contribution is 0.0505. The highest BCUT2D eigenvalue weighted by Gasteiger charge is 2.17. The van der Waals surface area contributed by atoms with Crippen LogP contribution in [0.25, 0.3) is 16.7 Å². The summed E-state index contributed by atoms with van der Waals surface area (Å²) in [6, 6.07) is 18.3. The number of nitrogens with zero attached hydrogens (tertiary/aromatic N) is 3. The first-order valence-electron chi connectivity index (χ1n) is 10.1. The quantitative estimate of drug-likeness (QED) is 0.468. The fourth-order valence-electron chi connectivity index (χ4n) is 3.24. The second kappa shape index (κ2) is 8.79. The van der Waals surface area contributed by atoms with Crippen LogP contribution >= 0.6 is 0 Å². The molecule has 0 spiro atoms. The normalized spacial score (nSPS) is 10.8. The van der Waals surface area contributed by atoms with Crippen LogP contribution in [0.15, 0.2) is 66.9 Å². The van der Waals surface area contributed by atoms with Crippen LogP contribution in [0.5, 0.6) is 0 Å². The maximum absolute atomic E-state index is 12.8. The number of benzene rings is 2. The van der Waals surface area contributed by atoms with Crippen LogP contribution in [0.4, 0.5) is 5.69 Å². The average molecular weight is 414 g/mol. The molecular weight excluding hydrogens is 392 g/mol. The number of aromatic nitrogens is 3. The molecule has 4 rings (SSSR count). The second-order valence-corrected chi connectivity index (χ2v) is 7.09. The third kappa shape index (κ3) is 4.30. The fourth-order valence-corrected chi connectivity index (χ4v) is 3.24. The van der Waals surface area contributed by atoms with Gasteiger partial charge in [0.25, 0.3) is 5.91 Å². The molecule has 0 aliphatic rings. The minimum absolute atomic E-state index is 0.316. The Kier molecular flexibility index (Phi) is 5.75. The molecule has 0 unspecified atom stereocenters. The molecule has 2 heterocycles. The van der Waals surface area contributed by atoms with Gasteiger partial charge in [-0.2, -0.15) is 5.10 Å². The minimum atomic E-state index is -0.413. The van der Waals surface area contributed by atoms with Gasteiger partial charge in [0.05, 0.1) is 35.1 Å². The van der Waals surface area contributed by atoms with Gasteiger partial charge in [-0.1, -0.05) is 31.2 Å². The van der Waals surface area contributed by atoms with E-state index < -0.39 is 5.97 Å². The van der Waals surface area contributed by atoms with Crippen LogP contribution < -0.4 is 5.32 Å². The van der Waals surface area contributed by atoms with Crippen molar-refractivity contribution in [2.75, 3.05) is 11.9 Å². The zero-order valence-corrected chi connectivity index (χ0v) is 17.3. The van der Waals surface area contributed by atoms with E-state index in [1.807, 2.05) is 50.2 Å². The van der Waals surface area contributed by atoms with Crippen LogP contribution in [0.3, 0.4) is 0 Å². The SMILES string of the molecule is CCCOC(=O)c1cccc(NC(=O)c2cnn(-c3ccc4ccccc4n3)c2C)c1. The molecule has 156 valence electrons. The van der Waals surface area contributed by atoms with Crippen molar-refractivity contribution in [1.82, 2.24) is 14.8 Å². The van der Waals surface area contributed by atoms with Crippen molar-refractivity contribution in [3.63, 3.8) is 0 Å². The fraction of sp³-hybridized carbons (Fsp3) is 0.167. The van der Waals surface area contributed by atoms with Crippen molar-refractivity contribution in [2.24, 2.45) is 0 Å². The van der Waals surface area contributed by atoms with E-state index in [0.29, 0.717) is 34.9 Å². The molecular formula is C24H22N4O3. The Balaban J connectivity index is 1.55. The molecule has 31 heavy (non-hydrogen) atoms. The van der Waals surface area contributed by atoms with Gasteiger partial charge in [0.1, 0.15) is 0 Å². The summed E-state index contributed by atoms with van der Waals surface area (Å²) in [6.45, 7) is 4.10. The van der Waals surface area contributed by atoms with Crippen LogP contribution in [-0.2, 0) is 4.74 Å². The number of nitrogens with one attached hydrogen (secondary N) is 1. The number of carbonyl (C=O) groups is 2. The number of anilines is 1. The lowest BCUT2D eigenvalue weighted by Gasteiger charge is -2.08. The first-order chi connectivity index (χ1) is 15.1. The smallest absolute Gasteiger partial charge is 0.338 e. The molecule has 0 fully saturated rings. The van der Waals surface area contributed by atoms with E-state index in [1.165, 1.54) is 6.20 Å². The molecule has 1 amide bonds. The third-order valence-corrected chi connectivity index (χ3v) is 4.85. The molecule has 7 heteroatoms. The monoisotopic (exact) mass is 414 g/mol. The Morgan fingerprint density at radius 1 is 1.06 bits per heavy atom.